The summed E-state index contributed by atoms with van der Waals surface area (Å²) in [4.78, 5) is 30.7. The minimum atomic E-state index is -0.463. The molecule has 0 saturated heterocycles. The predicted molar refractivity (Wildman–Crippen MR) is 113 cm³/mol. The number of thiophene rings is 1. The Kier molecular flexibility index (Phi) is 4.89. The summed E-state index contributed by atoms with van der Waals surface area (Å²) in [6.45, 7) is 3.96. The Balaban J connectivity index is 1.63. The number of aryl methyl sites for hydroxylation is 3. The number of nitrogens with one attached hydrogen (secondary N) is 1. The van der Waals surface area contributed by atoms with E-state index in [1.54, 1.807) is 0 Å². The second-order valence-corrected chi connectivity index (χ2v) is 8.43. The van der Waals surface area contributed by atoms with Crippen molar-refractivity contribution in [2.45, 2.75) is 46.0 Å². The number of aromatic nitrogens is 1. The minimum Gasteiger partial charge on any atom is -0.365 e. The second kappa shape index (κ2) is 7.36. The molecule has 0 fully saturated rings. The first-order valence-electron chi connectivity index (χ1n) is 9.54. The van der Waals surface area contributed by atoms with E-state index < -0.39 is 5.91 Å². The minimum absolute atomic E-state index is 0.149. The van der Waals surface area contributed by atoms with Crippen LogP contribution in [-0.4, -0.2) is 16.8 Å². The summed E-state index contributed by atoms with van der Waals surface area (Å²) < 4.78 is 0. The van der Waals surface area contributed by atoms with E-state index in [4.69, 9.17) is 5.73 Å². The van der Waals surface area contributed by atoms with Crippen LogP contribution in [0.5, 0.6) is 0 Å². The van der Waals surface area contributed by atoms with E-state index in [9.17, 15) is 9.59 Å². The highest BCUT2D eigenvalue weighted by molar-refractivity contribution is 7.17. The molecule has 28 heavy (non-hydrogen) atoms. The molecule has 4 rings (SSSR count). The zero-order chi connectivity index (χ0) is 19.8. The Morgan fingerprint density at radius 1 is 1.18 bits per heavy atom. The Bertz CT molecular complexity index is 1100. The summed E-state index contributed by atoms with van der Waals surface area (Å²) in [5.74, 6) is -0.612. The lowest BCUT2D eigenvalue weighted by molar-refractivity contribution is -0.115. The molecule has 0 atom stereocenters. The van der Waals surface area contributed by atoms with Crippen LogP contribution >= 0.6 is 11.3 Å². The van der Waals surface area contributed by atoms with Gasteiger partial charge in [-0.25, -0.2) is 0 Å². The van der Waals surface area contributed by atoms with E-state index in [1.165, 1.54) is 16.2 Å². The van der Waals surface area contributed by atoms with Crippen molar-refractivity contribution in [1.82, 2.24) is 4.98 Å². The van der Waals surface area contributed by atoms with Crippen LogP contribution in [0.4, 0.5) is 5.00 Å². The number of anilines is 1. The quantitative estimate of drug-likeness (QED) is 0.701. The third kappa shape index (κ3) is 3.29. The molecule has 1 aliphatic rings. The highest BCUT2D eigenvalue weighted by Crippen LogP contribution is 2.38. The molecule has 144 valence electrons. The average molecular weight is 394 g/mol. The van der Waals surface area contributed by atoms with E-state index in [2.05, 4.69) is 10.3 Å². The van der Waals surface area contributed by atoms with Crippen molar-refractivity contribution in [3.63, 3.8) is 0 Å². The summed E-state index contributed by atoms with van der Waals surface area (Å²) in [7, 11) is 0. The van der Waals surface area contributed by atoms with Gasteiger partial charge in [0.1, 0.15) is 5.00 Å². The fraction of sp³-hybridized carbons (Fsp3) is 0.318. The van der Waals surface area contributed by atoms with Gasteiger partial charge in [-0.1, -0.05) is 18.2 Å². The number of nitrogens with two attached hydrogens (primary N) is 1. The lowest BCUT2D eigenvalue weighted by atomic mass is 9.95. The van der Waals surface area contributed by atoms with E-state index in [-0.39, 0.29) is 12.3 Å². The molecule has 0 bridgehead atoms. The van der Waals surface area contributed by atoms with Crippen LogP contribution in [0.1, 0.15) is 50.5 Å². The summed E-state index contributed by atoms with van der Waals surface area (Å²) in [6.07, 6.45) is 4.19. The lowest BCUT2D eigenvalue weighted by Crippen LogP contribution is -2.20. The number of para-hydroxylation sites is 1. The molecule has 3 aromatic rings. The van der Waals surface area contributed by atoms with Gasteiger partial charge in [0.05, 0.1) is 17.5 Å². The maximum absolute atomic E-state index is 12.8. The van der Waals surface area contributed by atoms with Crippen LogP contribution in [0.25, 0.3) is 10.9 Å². The Morgan fingerprint density at radius 2 is 1.93 bits per heavy atom. The van der Waals surface area contributed by atoms with Crippen LogP contribution < -0.4 is 11.1 Å². The number of rotatable bonds is 4. The zero-order valence-corrected chi connectivity index (χ0v) is 16.9. The topological polar surface area (TPSA) is 85.1 Å². The van der Waals surface area contributed by atoms with Crippen molar-refractivity contribution in [3.05, 3.63) is 57.1 Å². The van der Waals surface area contributed by atoms with Gasteiger partial charge >= 0.3 is 0 Å². The van der Waals surface area contributed by atoms with Crippen LogP contribution in [0.2, 0.25) is 0 Å². The van der Waals surface area contributed by atoms with Crippen molar-refractivity contribution in [2.75, 3.05) is 5.32 Å². The molecule has 0 unspecified atom stereocenters. The predicted octanol–water partition coefficient (Wildman–Crippen LogP) is 4.07. The number of carbonyl (C=O) groups excluding carboxylic acids is 2. The van der Waals surface area contributed by atoms with Gasteiger partial charge in [-0.05, 0) is 62.3 Å². The number of amides is 2. The van der Waals surface area contributed by atoms with E-state index in [0.29, 0.717) is 10.6 Å². The monoisotopic (exact) mass is 393 g/mol. The highest BCUT2D eigenvalue weighted by Gasteiger charge is 2.25. The van der Waals surface area contributed by atoms with Crippen molar-refractivity contribution in [1.29, 1.82) is 0 Å². The number of hydrogen-bond acceptors (Lipinski definition) is 4. The molecule has 0 saturated carbocycles. The van der Waals surface area contributed by atoms with E-state index in [0.717, 1.165) is 59.0 Å². The Labute approximate surface area is 168 Å². The first-order chi connectivity index (χ1) is 13.5. The molecule has 1 aliphatic carbocycles. The average Bonchev–Trinajstić information content (AvgIpc) is 3.03. The molecule has 2 heterocycles. The summed E-state index contributed by atoms with van der Waals surface area (Å²) in [5.41, 5.74) is 10.9. The first-order valence-corrected chi connectivity index (χ1v) is 10.4. The molecule has 6 heteroatoms. The van der Waals surface area contributed by atoms with Crippen LogP contribution in [0.3, 0.4) is 0 Å². The molecule has 5 nitrogen and oxygen atoms in total. The van der Waals surface area contributed by atoms with Crippen LogP contribution in [-0.2, 0) is 24.1 Å². The van der Waals surface area contributed by atoms with Crippen LogP contribution in [0.15, 0.2) is 24.3 Å². The normalized spacial score (nSPS) is 13.4. The molecule has 2 amide bonds. The summed E-state index contributed by atoms with van der Waals surface area (Å²) in [5, 5.41) is 4.60. The number of carbonyl (C=O) groups is 2. The van der Waals surface area contributed by atoms with E-state index >= 15 is 0 Å². The molecule has 2 aromatic heterocycles. The van der Waals surface area contributed by atoms with Gasteiger partial charge in [0.2, 0.25) is 5.91 Å². The van der Waals surface area contributed by atoms with Gasteiger partial charge in [0.25, 0.3) is 5.91 Å². The number of pyridine rings is 1. The highest BCUT2D eigenvalue weighted by atomic mass is 32.1. The van der Waals surface area contributed by atoms with Crippen molar-refractivity contribution in [3.8, 4) is 0 Å². The molecule has 1 aromatic carbocycles. The number of benzene rings is 1. The molecule has 0 radical (unpaired) electrons. The lowest BCUT2D eigenvalue weighted by Gasteiger charge is -2.13. The summed E-state index contributed by atoms with van der Waals surface area (Å²) >= 11 is 1.49. The molecular formula is C22H23N3O2S. The fourth-order valence-electron chi connectivity index (χ4n) is 4.08. The third-order valence-electron chi connectivity index (χ3n) is 5.49. The fourth-order valence-corrected chi connectivity index (χ4v) is 5.39. The van der Waals surface area contributed by atoms with Crippen molar-refractivity contribution < 1.29 is 9.59 Å². The maximum atomic E-state index is 12.8. The zero-order valence-electron chi connectivity index (χ0n) is 16.1. The number of nitrogens with zero attached hydrogens (tertiary/aromatic N) is 1. The smallest absolute Gasteiger partial charge is 0.251 e. The Morgan fingerprint density at radius 3 is 2.71 bits per heavy atom. The molecular weight excluding hydrogens is 370 g/mol. The largest absolute Gasteiger partial charge is 0.365 e. The van der Waals surface area contributed by atoms with Gasteiger partial charge in [0.15, 0.2) is 0 Å². The number of primary amides is 1. The molecule has 0 aliphatic heterocycles. The first kappa shape index (κ1) is 18.6. The number of fused-ring (bicyclic) bond motifs is 2. The van der Waals surface area contributed by atoms with Gasteiger partial charge in [0, 0.05) is 16.0 Å². The van der Waals surface area contributed by atoms with E-state index in [1.807, 2.05) is 38.1 Å². The molecule has 0 spiro atoms. The number of hydrogen-bond donors (Lipinski definition) is 2. The van der Waals surface area contributed by atoms with Crippen molar-refractivity contribution in [2.24, 2.45) is 5.73 Å². The SMILES string of the molecule is Cc1nc2ccccc2c(C)c1CC(=O)Nc1sc2c(c1C(N)=O)CCCC2. The maximum Gasteiger partial charge on any atom is 0.251 e. The second-order valence-electron chi connectivity index (χ2n) is 7.32. The molecule has 3 N–H and O–H groups in total. The third-order valence-corrected chi connectivity index (χ3v) is 6.70. The standard InChI is InChI=1S/C22H23N3O2S/c1-12-14-7-3-5-9-17(14)24-13(2)16(12)11-19(26)25-22-20(21(23)27)15-8-4-6-10-18(15)28-22/h3,5,7,9H,4,6,8,10-11H2,1-2H3,(H2,23,27)(H,25,26). The van der Waals surface area contributed by atoms with Gasteiger partial charge in [-0.15, -0.1) is 11.3 Å². The summed E-state index contributed by atoms with van der Waals surface area (Å²) in [6, 6.07) is 7.95. The van der Waals surface area contributed by atoms with Crippen molar-refractivity contribution >= 4 is 39.1 Å². The van der Waals surface area contributed by atoms with Gasteiger partial charge in [-0.2, -0.15) is 0 Å². The Hall–Kier alpha value is -2.73. The van der Waals surface area contributed by atoms with Crippen LogP contribution in [0, 0.1) is 13.8 Å². The van der Waals surface area contributed by atoms with Gasteiger partial charge < -0.3 is 11.1 Å². The van der Waals surface area contributed by atoms with Gasteiger partial charge in [-0.3, -0.25) is 14.6 Å².